The number of carbonyl (C=O) groups excluding carboxylic acids is 3. The molecule has 0 saturated heterocycles. The van der Waals surface area contributed by atoms with E-state index >= 15 is 0 Å². The Kier molecular flexibility index (Phi) is 8.30. The molecule has 148 valence electrons. The Labute approximate surface area is 160 Å². The molecule has 1 aliphatic rings. The minimum absolute atomic E-state index is 0.00581. The third-order valence-electron chi connectivity index (χ3n) is 4.88. The van der Waals surface area contributed by atoms with E-state index in [0.29, 0.717) is 30.3 Å². The van der Waals surface area contributed by atoms with Gasteiger partial charge in [-0.05, 0) is 56.4 Å². The van der Waals surface area contributed by atoms with E-state index in [1.54, 1.807) is 24.3 Å². The highest BCUT2D eigenvalue weighted by Crippen LogP contribution is 2.23. The Balaban J connectivity index is 1.57. The summed E-state index contributed by atoms with van der Waals surface area (Å²) in [5.41, 5.74) is 0.631. The zero-order valence-electron chi connectivity index (χ0n) is 16.2. The lowest BCUT2D eigenvalue weighted by atomic mass is 9.86. The largest absolute Gasteiger partial charge is 0.494 e. The Morgan fingerprint density at radius 2 is 1.81 bits per heavy atom. The molecule has 2 atom stereocenters. The molecule has 1 aliphatic carbocycles. The van der Waals surface area contributed by atoms with Crippen LogP contribution in [-0.4, -0.2) is 36.9 Å². The van der Waals surface area contributed by atoms with Crippen molar-refractivity contribution < 1.29 is 23.9 Å². The number of rotatable bonds is 9. The first-order valence-electron chi connectivity index (χ1n) is 9.64. The minimum Gasteiger partial charge on any atom is -0.494 e. The minimum atomic E-state index is -0.405. The van der Waals surface area contributed by atoms with E-state index in [1.807, 2.05) is 0 Å². The molecule has 2 rings (SSSR count). The van der Waals surface area contributed by atoms with E-state index in [9.17, 15) is 14.4 Å². The van der Waals surface area contributed by atoms with Crippen LogP contribution in [0.2, 0.25) is 0 Å². The SMILES string of the molecule is CC(=O)c1ccc(OCCCC(=O)OCC(=O)N[C@H]2CCCC[C@@H]2C)cc1. The van der Waals surface area contributed by atoms with Crippen molar-refractivity contribution in [3.63, 3.8) is 0 Å². The Morgan fingerprint density at radius 1 is 1.11 bits per heavy atom. The number of ether oxygens (including phenoxy) is 2. The molecule has 0 unspecified atom stereocenters. The highest BCUT2D eigenvalue weighted by molar-refractivity contribution is 5.94. The summed E-state index contributed by atoms with van der Waals surface area (Å²) in [4.78, 5) is 34.9. The summed E-state index contributed by atoms with van der Waals surface area (Å²) in [5.74, 6) is 0.488. The van der Waals surface area contributed by atoms with Crippen molar-refractivity contribution in [1.29, 1.82) is 0 Å². The standard InChI is InChI=1S/C21H29NO5/c1-15-6-3-4-7-19(15)22-20(24)14-27-21(25)8-5-13-26-18-11-9-17(10-12-18)16(2)23/h9-12,15,19H,3-8,13-14H2,1-2H3,(H,22,24)/t15-,19-/m0/s1. The Morgan fingerprint density at radius 3 is 2.48 bits per heavy atom. The van der Waals surface area contributed by atoms with E-state index in [2.05, 4.69) is 12.2 Å². The second-order valence-electron chi connectivity index (χ2n) is 7.13. The molecule has 6 nitrogen and oxygen atoms in total. The fourth-order valence-corrected chi connectivity index (χ4v) is 3.19. The van der Waals surface area contributed by atoms with E-state index in [0.717, 1.165) is 19.3 Å². The number of benzene rings is 1. The van der Waals surface area contributed by atoms with Crippen LogP contribution in [0, 0.1) is 5.92 Å². The van der Waals surface area contributed by atoms with Crippen LogP contribution in [0.25, 0.3) is 0 Å². The normalized spacial score (nSPS) is 19.2. The number of hydrogen-bond donors (Lipinski definition) is 1. The van der Waals surface area contributed by atoms with Crippen molar-refractivity contribution >= 4 is 17.7 Å². The maximum atomic E-state index is 11.9. The van der Waals surface area contributed by atoms with Crippen LogP contribution in [0.4, 0.5) is 0 Å². The molecule has 1 aromatic carbocycles. The molecular formula is C21H29NO5. The molecular weight excluding hydrogens is 346 g/mol. The van der Waals surface area contributed by atoms with Crippen molar-refractivity contribution in [2.45, 2.75) is 58.4 Å². The highest BCUT2D eigenvalue weighted by atomic mass is 16.5. The number of ketones is 1. The van der Waals surface area contributed by atoms with Gasteiger partial charge in [-0.15, -0.1) is 0 Å². The van der Waals surface area contributed by atoms with E-state index in [4.69, 9.17) is 9.47 Å². The first-order chi connectivity index (χ1) is 13.0. The predicted molar refractivity (Wildman–Crippen MR) is 102 cm³/mol. The first kappa shape index (κ1) is 20.9. The number of Topliss-reactive ketones (excluding diaryl/α,β-unsaturated/α-hetero) is 1. The number of amides is 1. The molecule has 1 amide bonds. The molecule has 1 fully saturated rings. The lowest BCUT2D eigenvalue weighted by Crippen LogP contribution is -2.42. The van der Waals surface area contributed by atoms with E-state index in [-0.39, 0.29) is 30.8 Å². The van der Waals surface area contributed by atoms with Crippen LogP contribution < -0.4 is 10.1 Å². The molecule has 0 bridgehead atoms. The zero-order chi connectivity index (χ0) is 19.6. The molecule has 0 radical (unpaired) electrons. The molecule has 0 aliphatic heterocycles. The van der Waals surface area contributed by atoms with Crippen LogP contribution in [-0.2, 0) is 14.3 Å². The fraction of sp³-hybridized carbons (Fsp3) is 0.571. The van der Waals surface area contributed by atoms with Crippen LogP contribution in [0.3, 0.4) is 0 Å². The van der Waals surface area contributed by atoms with Gasteiger partial charge in [0.2, 0.25) is 0 Å². The van der Waals surface area contributed by atoms with Gasteiger partial charge < -0.3 is 14.8 Å². The zero-order valence-corrected chi connectivity index (χ0v) is 16.2. The molecule has 1 N–H and O–H groups in total. The molecule has 27 heavy (non-hydrogen) atoms. The van der Waals surface area contributed by atoms with Crippen LogP contribution in [0.1, 0.15) is 62.7 Å². The van der Waals surface area contributed by atoms with Gasteiger partial charge in [0, 0.05) is 18.0 Å². The van der Waals surface area contributed by atoms with Gasteiger partial charge in [0.15, 0.2) is 12.4 Å². The average Bonchev–Trinajstić information content (AvgIpc) is 2.66. The number of esters is 1. The van der Waals surface area contributed by atoms with E-state index < -0.39 is 5.97 Å². The second-order valence-corrected chi connectivity index (χ2v) is 7.13. The van der Waals surface area contributed by atoms with Gasteiger partial charge in [-0.1, -0.05) is 19.8 Å². The van der Waals surface area contributed by atoms with Gasteiger partial charge in [0.05, 0.1) is 6.61 Å². The van der Waals surface area contributed by atoms with Crippen molar-refractivity contribution in [3.05, 3.63) is 29.8 Å². The van der Waals surface area contributed by atoms with Gasteiger partial charge in [0.25, 0.3) is 5.91 Å². The third kappa shape index (κ3) is 7.41. The smallest absolute Gasteiger partial charge is 0.306 e. The summed E-state index contributed by atoms with van der Waals surface area (Å²) in [6.45, 7) is 3.79. The van der Waals surface area contributed by atoms with Crippen LogP contribution in [0.15, 0.2) is 24.3 Å². The summed E-state index contributed by atoms with van der Waals surface area (Å²) in [6.07, 6.45) is 5.15. The lowest BCUT2D eigenvalue weighted by molar-refractivity contribution is -0.149. The molecule has 0 spiro atoms. The maximum absolute atomic E-state index is 11.9. The maximum Gasteiger partial charge on any atom is 0.306 e. The van der Waals surface area contributed by atoms with Gasteiger partial charge in [-0.25, -0.2) is 0 Å². The van der Waals surface area contributed by atoms with Gasteiger partial charge in [-0.2, -0.15) is 0 Å². The molecule has 1 aromatic rings. The lowest BCUT2D eigenvalue weighted by Gasteiger charge is -2.29. The quantitative estimate of drug-likeness (QED) is 0.407. The molecule has 0 aromatic heterocycles. The second kappa shape index (κ2) is 10.7. The van der Waals surface area contributed by atoms with Crippen LogP contribution in [0.5, 0.6) is 5.75 Å². The summed E-state index contributed by atoms with van der Waals surface area (Å²) in [6, 6.07) is 7.06. The highest BCUT2D eigenvalue weighted by Gasteiger charge is 2.23. The summed E-state index contributed by atoms with van der Waals surface area (Å²) >= 11 is 0. The number of carbonyl (C=O) groups is 3. The van der Waals surface area contributed by atoms with E-state index in [1.165, 1.54) is 13.3 Å². The first-order valence-corrected chi connectivity index (χ1v) is 9.64. The summed E-state index contributed by atoms with van der Waals surface area (Å²) in [7, 11) is 0. The third-order valence-corrected chi connectivity index (χ3v) is 4.88. The molecule has 1 saturated carbocycles. The Hall–Kier alpha value is -2.37. The summed E-state index contributed by atoms with van der Waals surface area (Å²) in [5, 5.41) is 2.96. The monoisotopic (exact) mass is 375 g/mol. The van der Waals surface area contributed by atoms with Crippen molar-refractivity contribution in [2.24, 2.45) is 5.92 Å². The van der Waals surface area contributed by atoms with Crippen LogP contribution >= 0.6 is 0 Å². The average molecular weight is 375 g/mol. The van der Waals surface area contributed by atoms with Gasteiger partial charge in [-0.3, -0.25) is 14.4 Å². The van der Waals surface area contributed by atoms with Crippen molar-refractivity contribution in [2.75, 3.05) is 13.2 Å². The molecule has 6 heteroatoms. The van der Waals surface area contributed by atoms with Gasteiger partial charge in [0.1, 0.15) is 5.75 Å². The number of nitrogens with one attached hydrogen (secondary N) is 1. The van der Waals surface area contributed by atoms with Crippen molar-refractivity contribution in [1.82, 2.24) is 5.32 Å². The topological polar surface area (TPSA) is 81.7 Å². The van der Waals surface area contributed by atoms with Crippen molar-refractivity contribution in [3.8, 4) is 5.75 Å². The fourth-order valence-electron chi connectivity index (χ4n) is 3.19. The van der Waals surface area contributed by atoms with Gasteiger partial charge >= 0.3 is 5.97 Å². The summed E-state index contributed by atoms with van der Waals surface area (Å²) < 4.78 is 10.6. The Bertz CT molecular complexity index is 640. The number of hydrogen-bond acceptors (Lipinski definition) is 5. The molecule has 0 heterocycles. The predicted octanol–water partition coefficient (Wildman–Crippen LogP) is 3.29.